The second kappa shape index (κ2) is 10.2. The molecule has 6 rings (SSSR count). The van der Waals surface area contributed by atoms with E-state index in [4.69, 9.17) is 21.9 Å². The van der Waals surface area contributed by atoms with Gasteiger partial charge in [0, 0.05) is 28.6 Å². The van der Waals surface area contributed by atoms with Gasteiger partial charge in [-0.1, -0.05) is 30.3 Å². The smallest absolute Gasteiger partial charge is 0.234 e. The Balaban J connectivity index is 1.36. The highest BCUT2D eigenvalue weighted by Gasteiger charge is 2.57. The summed E-state index contributed by atoms with van der Waals surface area (Å²) in [6.07, 6.45) is 1.72. The molecular weight excluding hydrogens is 522 g/mol. The number of amides is 1. The van der Waals surface area contributed by atoms with E-state index in [1.807, 2.05) is 61.5 Å². The van der Waals surface area contributed by atoms with Crippen molar-refractivity contribution in [1.29, 1.82) is 0 Å². The number of rotatable bonds is 5. The van der Waals surface area contributed by atoms with Gasteiger partial charge in [-0.25, -0.2) is 0 Å². The first kappa shape index (κ1) is 26.8. The number of para-hydroxylation sites is 1. The average molecular weight is 558 g/mol. The maximum Gasteiger partial charge on any atom is 0.234 e. The van der Waals surface area contributed by atoms with Crippen molar-refractivity contribution < 1.29 is 14.3 Å². The molecule has 0 radical (unpaired) electrons. The van der Waals surface area contributed by atoms with Crippen LogP contribution in [-0.2, 0) is 15.1 Å². The summed E-state index contributed by atoms with van der Waals surface area (Å²) in [6, 6.07) is 18.1. The lowest BCUT2D eigenvalue weighted by atomic mass is 9.64. The van der Waals surface area contributed by atoms with Gasteiger partial charge in [-0.05, 0) is 85.8 Å². The molecule has 1 saturated heterocycles. The van der Waals surface area contributed by atoms with Gasteiger partial charge in [0.05, 0.1) is 11.3 Å². The molecule has 40 heavy (non-hydrogen) atoms. The van der Waals surface area contributed by atoms with Crippen molar-refractivity contribution in [1.82, 2.24) is 10.6 Å². The lowest BCUT2D eigenvalue weighted by Crippen LogP contribution is -2.61. The zero-order chi connectivity index (χ0) is 28.2. The third-order valence-corrected chi connectivity index (χ3v) is 9.92. The highest BCUT2D eigenvalue weighted by atomic mass is 32.2. The summed E-state index contributed by atoms with van der Waals surface area (Å²) in [6.45, 7) is 4.88. The van der Waals surface area contributed by atoms with Crippen molar-refractivity contribution >= 4 is 29.1 Å². The zero-order valence-corrected chi connectivity index (χ0v) is 23.5. The van der Waals surface area contributed by atoms with Crippen molar-refractivity contribution in [2.24, 2.45) is 11.5 Å². The van der Waals surface area contributed by atoms with Crippen LogP contribution in [0.2, 0.25) is 0 Å². The minimum atomic E-state index is -1.49. The number of nitrogen functional groups attached to an aromatic ring is 1. The molecule has 208 valence electrons. The summed E-state index contributed by atoms with van der Waals surface area (Å²) in [5.74, 6) is 0.428. The van der Waals surface area contributed by atoms with Gasteiger partial charge in [0.15, 0.2) is 5.78 Å². The Kier molecular flexibility index (Phi) is 6.86. The van der Waals surface area contributed by atoms with Crippen molar-refractivity contribution in [3.8, 4) is 11.5 Å². The molecule has 8 N–H and O–H groups in total. The summed E-state index contributed by atoms with van der Waals surface area (Å²) in [7, 11) is 0. The highest BCUT2D eigenvalue weighted by molar-refractivity contribution is 8.01. The van der Waals surface area contributed by atoms with Crippen LogP contribution in [0.1, 0.15) is 47.9 Å². The topological polar surface area (TPSA) is 145 Å². The number of carbonyl (C=O) groups excluding carboxylic acids is 2. The van der Waals surface area contributed by atoms with Crippen LogP contribution >= 0.6 is 11.8 Å². The van der Waals surface area contributed by atoms with Gasteiger partial charge in [0.1, 0.15) is 17.0 Å². The number of Topliss-reactive ketones (excluding diaryl/α,β-unsaturated/α-hetero) is 1. The molecule has 1 amide bonds. The van der Waals surface area contributed by atoms with Crippen molar-refractivity contribution in [2.75, 3.05) is 12.3 Å². The largest absolute Gasteiger partial charge is 0.457 e. The van der Waals surface area contributed by atoms with Gasteiger partial charge in [-0.15, -0.1) is 11.8 Å². The Labute approximate surface area is 238 Å². The fraction of sp³-hybridized carbons (Fsp3) is 0.355. The maximum absolute atomic E-state index is 14.2. The second-order valence-corrected chi connectivity index (χ2v) is 12.3. The van der Waals surface area contributed by atoms with Gasteiger partial charge in [0.25, 0.3) is 0 Å². The van der Waals surface area contributed by atoms with E-state index in [0.717, 1.165) is 35.4 Å². The van der Waals surface area contributed by atoms with E-state index in [0.29, 0.717) is 34.4 Å². The SMILES string of the molecule is Cc1cc(Oc2ccccc2)ccc1C1(N)C(=O)C(N)C2c3c1ccc(N)c3SC2C(=O)N[C@@H]1CCNC(C)C1. The Hall–Kier alpha value is -3.37. The van der Waals surface area contributed by atoms with Gasteiger partial charge in [-0.2, -0.15) is 0 Å². The molecule has 2 aliphatic heterocycles. The summed E-state index contributed by atoms with van der Waals surface area (Å²) in [5.41, 5.74) is 22.3. The number of hydrogen-bond acceptors (Lipinski definition) is 8. The minimum Gasteiger partial charge on any atom is -0.457 e. The van der Waals surface area contributed by atoms with E-state index in [2.05, 4.69) is 17.6 Å². The van der Waals surface area contributed by atoms with Crippen molar-refractivity contribution in [2.45, 2.75) is 66.4 Å². The molecule has 3 aromatic rings. The first-order chi connectivity index (χ1) is 19.2. The number of piperidine rings is 1. The maximum atomic E-state index is 14.2. The van der Waals surface area contributed by atoms with Crippen molar-refractivity contribution in [3.05, 3.63) is 82.9 Å². The van der Waals surface area contributed by atoms with E-state index < -0.39 is 22.7 Å². The lowest BCUT2D eigenvalue weighted by molar-refractivity contribution is -0.126. The van der Waals surface area contributed by atoms with Crippen LogP contribution in [0.5, 0.6) is 11.5 Å². The standard InChI is InChI=1S/C31H35N5O3S/c1-16-14-20(39-19-6-4-3-5-7-19)8-9-21(16)31(34)22-10-11-23(32)27-24(22)25(26(33)29(31)37)28(40-27)30(38)36-18-12-13-35-17(2)15-18/h3-11,14,17-18,25-26,28,35H,12-13,15,32-34H2,1-2H3,(H,36,38)/t17?,18-,25?,26?,28?,31?/m1/s1. The van der Waals surface area contributed by atoms with E-state index in [-0.39, 0.29) is 17.7 Å². The van der Waals surface area contributed by atoms with Gasteiger partial charge < -0.3 is 32.6 Å². The van der Waals surface area contributed by atoms with Gasteiger partial charge >= 0.3 is 0 Å². The predicted molar refractivity (Wildman–Crippen MR) is 158 cm³/mol. The van der Waals surface area contributed by atoms with Crippen LogP contribution in [0.3, 0.4) is 0 Å². The number of hydrogen-bond donors (Lipinski definition) is 5. The molecular formula is C31H35N5O3S. The van der Waals surface area contributed by atoms with E-state index in [1.54, 1.807) is 6.07 Å². The summed E-state index contributed by atoms with van der Waals surface area (Å²) in [4.78, 5) is 28.6. The number of ether oxygens (including phenoxy) is 1. The first-order valence-electron chi connectivity index (χ1n) is 13.7. The molecule has 9 heteroatoms. The van der Waals surface area contributed by atoms with Gasteiger partial charge in [-0.3, -0.25) is 9.59 Å². The molecule has 6 atom stereocenters. The van der Waals surface area contributed by atoms with E-state index in [9.17, 15) is 9.59 Å². The Morgan fingerprint density at radius 1 is 1.10 bits per heavy atom. The van der Waals surface area contributed by atoms with Crippen LogP contribution in [0.4, 0.5) is 5.69 Å². The minimum absolute atomic E-state index is 0.0771. The molecule has 3 aliphatic rings. The molecule has 1 aliphatic carbocycles. The van der Waals surface area contributed by atoms with Crippen LogP contribution in [0, 0.1) is 6.92 Å². The van der Waals surface area contributed by atoms with E-state index in [1.165, 1.54) is 11.8 Å². The Bertz CT molecular complexity index is 1480. The fourth-order valence-corrected chi connectivity index (χ4v) is 7.97. The normalized spacial score (nSPS) is 29.1. The third kappa shape index (κ3) is 4.37. The molecule has 0 aromatic heterocycles. The molecule has 0 spiro atoms. The molecule has 0 saturated carbocycles. The Morgan fingerprint density at radius 2 is 1.85 bits per heavy atom. The van der Waals surface area contributed by atoms with Crippen LogP contribution < -0.4 is 32.6 Å². The van der Waals surface area contributed by atoms with Gasteiger partial charge in [0.2, 0.25) is 5.91 Å². The van der Waals surface area contributed by atoms with Crippen LogP contribution in [0.25, 0.3) is 0 Å². The monoisotopic (exact) mass is 557 g/mol. The third-order valence-electron chi connectivity index (χ3n) is 8.46. The fourth-order valence-electron chi connectivity index (χ4n) is 6.51. The number of nitrogens with one attached hydrogen (secondary N) is 2. The number of ketones is 1. The molecule has 5 unspecified atom stereocenters. The average Bonchev–Trinajstić information content (AvgIpc) is 3.34. The predicted octanol–water partition coefficient (Wildman–Crippen LogP) is 3.30. The highest BCUT2D eigenvalue weighted by Crippen LogP contribution is 2.56. The summed E-state index contributed by atoms with van der Waals surface area (Å²) >= 11 is 1.40. The quantitative estimate of drug-likeness (QED) is 0.301. The number of carbonyl (C=O) groups is 2. The molecule has 0 bridgehead atoms. The lowest BCUT2D eigenvalue weighted by Gasteiger charge is -2.42. The number of thioether (sulfide) groups is 1. The number of anilines is 1. The molecule has 1 fully saturated rings. The molecule has 3 aromatic carbocycles. The Morgan fingerprint density at radius 3 is 2.58 bits per heavy atom. The van der Waals surface area contributed by atoms with Crippen LogP contribution in [-0.4, -0.2) is 41.6 Å². The molecule has 2 heterocycles. The molecule has 8 nitrogen and oxygen atoms in total. The van der Waals surface area contributed by atoms with Crippen LogP contribution in [0.15, 0.2) is 65.6 Å². The summed E-state index contributed by atoms with van der Waals surface area (Å²) in [5, 5.41) is 6.07. The zero-order valence-electron chi connectivity index (χ0n) is 22.6. The second-order valence-electron chi connectivity index (χ2n) is 11.2. The first-order valence-corrected chi connectivity index (χ1v) is 14.6. The number of aryl methyl sites for hydroxylation is 1. The number of nitrogens with two attached hydrogens (primary N) is 3. The summed E-state index contributed by atoms with van der Waals surface area (Å²) < 4.78 is 6.00. The van der Waals surface area contributed by atoms with E-state index >= 15 is 0 Å². The number of benzene rings is 3. The van der Waals surface area contributed by atoms with Crippen molar-refractivity contribution in [3.63, 3.8) is 0 Å².